The molecule has 0 aliphatic carbocycles. The van der Waals surface area contributed by atoms with Crippen LogP contribution in [-0.4, -0.2) is 40.3 Å². The molecule has 5 heterocycles. The highest BCUT2D eigenvalue weighted by molar-refractivity contribution is 6.31. The number of amides is 1. The van der Waals surface area contributed by atoms with Crippen LogP contribution in [0.25, 0.3) is 17.2 Å². The number of anilines is 2. The van der Waals surface area contributed by atoms with Gasteiger partial charge in [0.05, 0.1) is 17.0 Å². The Labute approximate surface area is 218 Å². The monoisotopic (exact) mass is 534 g/mol. The van der Waals surface area contributed by atoms with Gasteiger partial charge >= 0.3 is 0 Å². The molecule has 6 rings (SSSR count). The molecule has 10 nitrogen and oxygen atoms in total. The molecular weight excluding hydrogens is 518 g/mol. The number of pyridine rings is 1. The largest absolute Gasteiger partial charge is 0.506 e. The molecule has 5 aromatic rings. The first-order chi connectivity index (χ1) is 18.1. The number of imidazole rings is 1. The fourth-order valence-corrected chi connectivity index (χ4v) is 4.70. The molecule has 1 atom stereocenters. The van der Waals surface area contributed by atoms with E-state index < -0.39 is 23.0 Å². The molecule has 0 saturated carbocycles. The first-order valence-corrected chi connectivity index (χ1v) is 11.6. The number of nitrogens with zero attached hydrogens (tertiary/aromatic N) is 6. The van der Waals surface area contributed by atoms with Crippen LogP contribution in [0.3, 0.4) is 0 Å². The Kier molecular flexibility index (Phi) is 5.24. The summed E-state index contributed by atoms with van der Waals surface area (Å²) in [6.07, 6.45) is 6.21. The molecule has 1 aromatic carbocycles. The summed E-state index contributed by atoms with van der Waals surface area (Å²) in [5.41, 5.74) is 7.03. The van der Waals surface area contributed by atoms with Gasteiger partial charge in [-0.3, -0.25) is 9.78 Å². The van der Waals surface area contributed by atoms with E-state index in [2.05, 4.69) is 30.2 Å². The van der Waals surface area contributed by atoms with E-state index in [0.717, 1.165) is 6.07 Å². The Morgan fingerprint density at radius 3 is 2.63 bits per heavy atom. The zero-order valence-electron chi connectivity index (χ0n) is 19.6. The van der Waals surface area contributed by atoms with Crippen molar-refractivity contribution in [2.45, 2.75) is 18.8 Å². The molecule has 0 radical (unpaired) electrons. The Balaban J connectivity index is 1.46. The summed E-state index contributed by atoms with van der Waals surface area (Å²) in [5, 5.41) is 12.8. The Bertz CT molecular complexity index is 1770. The van der Waals surface area contributed by atoms with Crippen molar-refractivity contribution in [2.24, 2.45) is 0 Å². The molecule has 1 aliphatic rings. The summed E-state index contributed by atoms with van der Waals surface area (Å²) in [6, 6.07) is 4.53. The van der Waals surface area contributed by atoms with Gasteiger partial charge in [-0.2, -0.15) is 0 Å². The molecule has 0 bridgehead atoms. The summed E-state index contributed by atoms with van der Waals surface area (Å²) >= 11 is 5.89. The van der Waals surface area contributed by atoms with Crippen LogP contribution in [0.5, 0.6) is 5.75 Å². The number of fused-ring (bicyclic) bond motifs is 2. The number of hydrogen-bond acceptors (Lipinski definition) is 8. The minimum atomic E-state index is -1.39. The number of nitrogens with one attached hydrogen (secondary N) is 1. The summed E-state index contributed by atoms with van der Waals surface area (Å²) in [6.45, 7) is 1.59. The van der Waals surface area contributed by atoms with Crippen molar-refractivity contribution in [2.75, 3.05) is 11.1 Å². The molecular formula is C25H17ClF2N8O2. The van der Waals surface area contributed by atoms with E-state index >= 15 is 0 Å². The van der Waals surface area contributed by atoms with Crippen LogP contribution < -0.4 is 11.1 Å². The Morgan fingerprint density at radius 1 is 1.13 bits per heavy atom. The predicted molar refractivity (Wildman–Crippen MR) is 134 cm³/mol. The van der Waals surface area contributed by atoms with Gasteiger partial charge in [-0.15, -0.1) is 0 Å². The number of carbonyl (C=O) groups excluding carboxylic acids is 1. The van der Waals surface area contributed by atoms with E-state index in [1.807, 2.05) is 0 Å². The van der Waals surface area contributed by atoms with E-state index in [-0.39, 0.29) is 40.3 Å². The van der Waals surface area contributed by atoms with Crippen molar-refractivity contribution < 1.29 is 18.7 Å². The number of nitrogen functional groups attached to an aromatic ring is 1. The molecule has 13 heteroatoms. The number of rotatable bonds is 4. The zero-order valence-corrected chi connectivity index (χ0v) is 20.3. The Morgan fingerprint density at radius 2 is 1.89 bits per heavy atom. The van der Waals surface area contributed by atoms with Crippen LogP contribution in [0.1, 0.15) is 29.4 Å². The maximum Gasteiger partial charge on any atom is 0.242 e. The number of aromatic hydroxyl groups is 1. The lowest BCUT2D eigenvalue weighted by Gasteiger charge is -2.22. The predicted octanol–water partition coefficient (Wildman–Crippen LogP) is 3.65. The third-order valence-corrected chi connectivity index (χ3v) is 6.73. The standard InChI is InChI=1S/C25H17ClF2N8O2/c1-25(18-8-17(37)14(26)9-31-18)19-20(29)33-21(34-22(19)35-24(25)38)16-10-36-3-2-30-23(36)15(32-16)6-11-4-12(27)7-13(28)5-11/h2-5,7-10H,6H2,1H3,(H,31,37)(H3,29,33,34,35,38)/t25-/m1/s1. The number of aromatic nitrogens is 6. The van der Waals surface area contributed by atoms with Gasteiger partial charge in [-0.1, -0.05) is 11.6 Å². The smallest absolute Gasteiger partial charge is 0.242 e. The first-order valence-electron chi connectivity index (χ1n) is 11.3. The molecule has 0 spiro atoms. The zero-order chi connectivity index (χ0) is 26.8. The maximum absolute atomic E-state index is 13.8. The number of carbonyl (C=O) groups is 1. The highest BCUT2D eigenvalue weighted by atomic mass is 35.5. The fraction of sp³-hybridized carbons (Fsp3) is 0.120. The highest BCUT2D eigenvalue weighted by Gasteiger charge is 2.49. The second kappa shape index (κ2) is 8.42. The molecule has 1 amide bonds. The van der Waals surface area contributed by atoms with Crippen LogP contribution in [-0.2, 0) is 16.6 Å². The number of halogens is 3. The second-order valence-corrected chi connectivity index (χ2v) is 9.35. The van der Waals surface area contributed by atoms with E-state index in [1.165, 1.54) is 24.4 Å². The third kappa shape index (κ3) is 3.68. The fourth-order valence-electron chi connectivity index (χ4n) is 4.60. The molecule has 0 fully saturated rings. The first kappa shape index (κ1) is 23.7. The normalized spacial score (nSPS) is 16.6. The average molecular weight is 535 g/mol. The lowest BCUT2D eigenvalue weighted by molar-refractivity contribution is -0.119. The van der Waals surface area contributed by atoms with Crippen LogP contribution in [0.15, 0.2) is 49.1 Å². The molecule has 0 saturated heterocycles. The van der Waals surface area contributed by atoms with E-state index in [9.17, 15) is 18.7 Å². The molecule has 4 aromatic heterocycles. The van der Waals surface area contributed by atoms with Gasteiger partial charge in [-0.05, 0) is 24.6 Å². The van der Waals surface area contributed by atoms with Crippen molar-refractivity contribution >= 4 is 34.8 Å². The number of hydrogen-bond donors (Lipinski definition) is 3. The minimum absolute atomic E-state index is 0.00312. The lowest BCUT2D eigenvalue weighted by atomic mass is 9.80. The molecule has 0 unspecified atom stereocenters. The van der Waals surface area contributed by atoms with Crippen LogP contribution in [0.4, 0.5) is 20.4 Å². The molecule has 38 heavy (non-hydrogen) atoms. The summed E-state index contributed by atoms with van der Waals surface area (Å²) in [4.78, 5) is 35.2. The number of nitrogens with two attached hydrogens (primary N) is 1. The topological polar surface area (TPSA) is 144 Å². The van der Waals surface area contributed by atoms with Gasteiger partial charge in [0.2, 0.25) is 5.91 Å². The quantitative estimate of drug-likeness (QED) is 0.317. The van der Waals surface area contributed by atoms with Gasteiger partial charge in [0.15, 0.2) is 11.5 Å². The summed E-state index contributed by atoms with van der Waals surface area (Å²) in [5.74, 6) is -1.83. The van der Waals surface area contributed by atoms with E-state index in [1.54, 1.807) is 29.9 Å². The van der Waals surface area contributed by atoms with Gasteiger partial charge in [0, 0.05) is 43.3 Å². The number of benzene rings is 1. The molecule has 4 N–H and O–H groups in total. The van der Waals surface area contributed by atoms with Gasteiger partial charge in [0.1, 0.15) is 45.2 Å². The molecule has 190 valence electrons. The highest BCUT2D eigenvalue weighted by Crippen LogP contribution is 2.45. The second-order valence-electron chi connectivity index (χ2n) is 8.94. The van der Waals surface area contributed by atoms with Crippen LogP contribution >= 0.6 is 11.6 Å². The van der Waals surface area contributed by atoms with Crippen molar-refractivity contribution in [3.8, 4) is 17.3 Å². The van der Waals surface area contributed by atoms with E-state index in [4.69, 9.17) is 17.3 Å². The van der Waals surface area contributed by atoms with Crippen LogP contribution in [0.2, 0.25) is 5.02 Å². The lowest BCUT2D eigenvalue weighted by Crippen LogP contribution is -2.33. The van der Waals surface area contributed by atoms with Crippen molar-refractivity contribution in [3.63, 3.8) is 0 Å². The summed E-state index contributed by atoms with van der Waals surface area (Å²) in [7, 11) is 0. The SMILES string of the molecule is C[C@]1(c2cc(O)c(Cl)cn2)C(=O)Nc2nc(-c3cn4ccnc4c(Cc4cc(F)cc(F)c4)n3)nc(N)c21. The average Bonchev–Trinajstić information content (AvgIpc) is 3.43. The van der Waals surface area contributed by atoms with E-state index in [0.29, 0.717) is 28.2 Å². The van der Waals surface area contributed by atoms with Crippen molar-refractivity contribution in [1.82, 2.24) is 29.3 Å². The third-order valence-electron chi connectivity index (χ3n) is 6.44. The van der Waals surface area contributed by atoms with Gasteiger partial charge < -0.3 is 20.6 Å². The van der Waals surface area contributed by atoms with Gasteiger partial charge in [0.25, 0.3) is 0 Å². The summed E-state index contributed by atoms with van der Waals surface area (Å²) < 4.78 is 29.3. The van der Waals surface area contributed by atoms with Gasteiger partial charge in [-0.25, -0.2) is 28.7 Å². The van der Waals surface area contributed by atoms with Crippen LogP contribution in [0, 0.1) is 11.6 Å². The van der Waals surface area contributed by atoms with Crippen molar-refractivity contribution in [1.29, 1.82) is 0 Å². The molecule has 1 aliphatic heterocycles. The minimum Gasteiger partial charge on any atom is -0.506 e. The Hall–Kier alpha value is -4.71. The maximum atomic E-state index is 13.8. The van der Waals surface area contributed by atoms with Crippen molar-refractivity contribution in [3.05, 3.63) is 88.2 Å².